The van der Waals surface area contributed by atoms with Crippen LogP contribution in [0.3, 0.4) is 0 Å². The molecule has 0 aliphatic rings. The van der Waals surface area contributed by atoms with Crippen molar-refractivity contribution in [3.63, 3.8) is 0 Å². The standard InChI is InChI=1S/C20H42O3Si/c1-7-8-9-10-11-12-13-14-15-16-17(20(2,3)4)18(19(21)22)23-24(5)6/h17-18,24H,7-16H2,1-6H3,(H,21,22)/t17?,18-/m1/s1. The second kappa shape index (κ2) is 12.9. The molecule has 1 N–H and O–H groups in total. The second-order valence-electron chi connectivity index (χ2n) is 8.53. The maximum Gasteiger partial charge on any atom is 0.331 e. The molecule has 144 valence electrons. The van der Waals surface area contributed by atoms with Gasteiger partial charge in [-0.1, -0.05) is 85.5 Å². The van der Waals surface area contributed by atoms with Crippen LogP contribution >= 0.6 is 0 Å². The summed E-state index contributed by atoms with van der Waals surface area (Å²) >= 11 is 0. The first kappa shape index (κ1) is 23.6. The Labute approximate surface area is 152 Å². The summed E-state index contributed by atoms with van der Waals surface area (Å²) in [5, 5.41) is 9.60. The van der Waals surface area contributed by atoms with Gasteiger partial charge in [-0.25, -0.2) is 4.79 Å². The Bertz CT molecular complexity index is 323. The van der Waals surface area contributed by atoms with Crippen molar-refractivity contribution in [2.75, 3.05) is 0 Å². The maximum absolute atomic E-state index is 11.7. The summed E-state index contributed by atoms with van der Waals surface area (Å²) in [7, 11) is -1.36. The van der Waals surface area contributed by atoms with Gasteiger partial charge in [0.05, 0.1) is 0 Å². The molecule has 24 heavy (non-hydrogen) atoms. The third kappa shape index (κ3) is 11.2. The minimum atomic E-state index is -1.36. The lowest BCUT2D eigenvalue weighted by Crippen LogP contribution is -2.42. The number of rotatable bonds is 14. The van der Waals surface area contributed by atoms with Crippen LogP contribution in [0, 0.1) is 11.3 Å². The molecule has 0 saturated heterocycles. The van der Waals surface area contributed by atoms with Gasteiger partial charge in [0.1, 0.15) is 6.10 Å². The smallest absolute Gasteiger partial charge is 0.331 e. The summed E-state index contributed by atoms with van der Waals surface area (Å²) < 4.78 is 5.87. The van der Waals surface area contributed by atoms with Gasteiger partial charge >= 0.3 is 5.97 Å². The lowest BCUT2D eigenvalue weighted by Gasteiger charge is -2.36. The third-order valence-electron chi connectivity index (χ3n) is 4.76. The van der Waals surface area contributed by atoms with E-state index in [4.69, 9.17) is 4.43 Å². The van der Waals surface area contributed by atoms with Crippen molar-refractivity contribution in [1.29, 1.82) is 0 Å². The van der Waals surface area contributed by atoms with E-state index in [0.717, 1.165) is 12.8 Å². The van der Waals surface area contributed by atoms with Crippen LogP contribution in [0.2, 0.25) is 13.1 Å². The van der Waals surface area contributed by atoms with Crippen LogP contribution in [-0.2, 0) is 9.22 Å². The first-order valence-corrected chi connectivity index (χ1v) is 12.9. The fraction of sp³-hybridized carbons (Fsp3) is 0.950. The number of carboxylic acid groups (broad SMARTS) is 1. The first-order valence-electron chi connectivity index (χ1n) is 10.1. The van der Waals surface area contributed by atoms with E-state index in [1.165, 1.54) is 51.4 Å². The van der Waals surface area contributed by atoms with Crippen molar-refractivity contribution < 1.29 is 14.3 Å². The molecule has 0 aromatic carbocycles. The molecule has 4 heteroatoms. The summed E-state index contributed by atoms with van der Waals surface area (Å²) in [6.07, 6.45) is 12.0. The van der Waals surface area contributed by atoms with E-state index in [9.17, 15) is 9.90 Å². The van der Waals surface area contributed by atoms with Crippen molar-refractivity contribution >= 4 is 15.0 Å². The molecule has 0 saturated carbocycles. The first-order chi connectivity index (χ1) is 11.2. The molecular formula is C20H42O3Si. The van der Waals surface area contributed by atoms with Gasteiger partial charge in [-0.3, -0.25) is 0 Å². The van der Waals surface area contributed by atoms with E-state index in [0.29, 0.717) is 0 Å². The lowest BCUT2D eigenvalue weighted by atomic mass is 9.74. The van der Waals surface area contributed by atoms with Crippen molar-refractivity contribution in [2.45, 2.75) is 111 Å². The quantitative estimate of drug-likeness (QED) is 0.305. The maximum atomic E-state index is 11.7. The Morgan fingerprint density at radius 3 is 1.79 bits per heavy atom. The monoisotopic (exact) mass is 358 g/mol. The fourth-order valence-electron chi connectivity index (χ4n) is 3.33. The minimum Gasteiger partial charge on any atom is -0.479 e. The molecule has 0 amide bonds. The summed E-state index contributed by atoms with van der Waals surface area (Å²) in [5.74, 6) is -0.693. The van der Waals surface area contributed by atoms with Crippen molar-refractivity contribution in [3.8, 4) is 0 Å². The van der Waals surface area contributed by atoms with Crippen LogP contribution in [0.25, 0.3) is 0 Å². The molecule has 0 radical (unpaired) electrons. The Hall–Kier alpha value is -0.353. The van der Waals surface area contributed by atoms with Crippen LogP contribution in [0.5, 0.6) is 0 Å². The zero-order valence-corrected chi connectivity index (χ0v) is 18.2. The van der Waals surface area contributed by atoms with E-state index in [1.807, 2.05) is 13.1 Å². The summed E-state index contributed by atoms with van der Waals surface area (Å²) in [6.45, 7) is 12.8. The van der Waals surface area contributed by atoms with Crippen LogP contribution < -0.4 is 0 Å². The van der Waals surface area contributed by atoms with Gasteiger partial charge in [0.25, 0.3) is 0 Å². The lowest BCUT2D eigenvalue weighted by molar-refractivity contribution is -0.150. The molecule has 0 bridgehead atoms. The number of carbonyl (C=O) groups is 1. The van der Waals surface area contributed by atoms with Crippen molar-refractivity contribution in [3.05, 3.63) is 0 Å². The zero-order chi connectivity index (χ0) is 18.6. The largest absolute Gasteiger partial charge is 0.479 e. The predicted octanol–water partition coefficient (Wildman–Crippen LogP) is 6.02. The molecule has 0 aliphatic carbocycles. The van der Waals surface area contributed by atoms with E-state index >= 15 is 0 Å². The molecule has 0 aromatic rings. The Balaban J connectivity index is 4.23. The van der Waals surface area contributed by atoms with Crippen LogP contribution in [-0.4, -0.2) is 26.2 Å². The normalized spacial score (nSPS) is 14.8. The highest BCUT2D eigenvalue weighted by molar-refractivity contribution is 6.48. The molecule has 0 heterocycles. The Morgan fingerprint density at radius 2 is 1.42 bits per heavy atom. The number of unbranched alkanes of at least 4 members (excludes halogenated alkanes) is 8. The van der Waals surface area contributed by atoms with Gasteiger partial charge < -0.3 is 9.53 Å². The zero-order valence-electron chi connectivity index (χ0n) is 17.1. The van der Waals surface area contributed by atoms with E-state index in [2.05, 4.69) is 27.7 Å². The SMILES string of the molecule is CCCCCCCCCCCC([C@@H](O[SiH](C)C)C(=O)O)C(C)(C)C. The van der Waals surface area contributed by atoms with Gasteiger partial charge in [0.2, 0.25) is 0 Å². The van der Waals surface area contributed by atoms with E-state index in [1.54, 1.807) is 0 Å². The number of carboxylic acids is 1. The Morgan fingerprint density at radius 1 is 0.958 bits per heavy atom. The van der Waals surface area contributed by atoms with E-state index in [-0.39, 0.29) is 11.3 Å². The van der Waals surface area contributed by atoms with Crippen LogP contribution in [0.1, 0.15) is 91.9 Å². The molecule has 3 nitrogen and oxygen atoms in total. The molecule has 0 aromatic heterocycles. The van der Waals surface area contributed by atoms with Gasteiger partial charge in [-0.2, -0.15) is 0 Å². The molecule has 0 rings (SSSR count). The minimum absolute atomic E-state index is 0.0352. The number of aliphatic carboxylic acids is 1. The topological polar surface area (TPSA) is 46.5 Å². The highest BCUT2D eigenvalue weighted by Crippen LogP contribution is 2.35. The molecule has 0 aliphatic heterocycles. The summed E-state index contributed by atoms with van der Waals surface area (Å²) in [6, 6.07) is 0. The molecule has 2 atom stereocenters. The number of hydrogen-bond acceptors (Lipinski definition) is 2. The van der Waals surface area contributed by atoms with Gasteiger partial charge in [0, 0.05) is 0 Å². The highest BCUT2D eigenvalue weighted by atomic mass is 28.3. The fourth-order valence-corrected chi connectivity index (χ4v) is 4.22. The molecule has 1 unspecified atom stereocenters. The Kier molecular flexibility index (Phi) is 12.7. The van der Waals surface area contributed by atoms with Gasteiger partial charge in [-0.15, -0.1) is 0 Å². The molecule has 0 spiro atoms. The second-order valence-corrected chi connectivity index (χ2v) is 10.9. The third-order valence-corrected chi connectivity index (χ3v) is 5.60. The predicted molar refractivity (Wildman–Crippen MR) is 106 cm³/mol. The van der Waals surface area contributed by atoms with Gasteiger partial charge in [0.15, 0.2) is 9.04 Å². The molecule has 0 fully saturated rings. The summed E-state index contributed by atoms with van der Waals surface area (Å²) in [4.78, 5) is 11.7. The highest BCUT2D eigenvalue weighted by Gasteiger charge is 2.37. The van der Waals surface area contributed by atoms with Gasteiger partial charge in [-0.05, 0) is 30.8 Å². The summed E-state index contributed by atoms with van der Waals surface area (Å²) in [5.41, 5.74) is -0.0352. The number of hydrogen-bond donors (Lipinski definition) is 1. The van der Waals surface area contributed by atoms with Crippen LogP contribution in [0.15, 0.2) is 0 Å². The van der Waals surface area contributed by atoms with Crippen molar-refractivity contribution in [2.24, 2.45) is 11.3 Å². The van der Waals surface area contributed by atoms with Crippen LogP contribution in [0.4, 0.5) is 0 Å². The average Bonchev–Trinajstić information content (AvgIpc) is 2.45. The van der Waals surface area contributed by atoms with E-state index < -0.39 is 21.1 Å². The van der Waals surface area contributed by atoms with Crippen molar-refractivity contribution in [1.82, 2.24) is 0 Å². The average molecular weight is 359 g/mol. The molecular weight excluding hydrogens is 316 g/mol.